The highest BCUT2D eigenvalue weighted by molar-refractivity contribution is 6.21. The van der Waals surface area contributed by atoms with E-state index in [1.807, 2.05) is 0 Å². The molecule has 2 aliphatic carbocycles. The van der Waals surface area contributed by atoms with Crippen molar-refractivity contribution in [2.45, 2.75) is 49.8 Å². The van der Waals surface area contributed by atoms with Gasteiger partial charge < -0.3 is 4.74 Å². The van der Waals surface area contributed by atoms with E-state index in [2.05, 4.69) is 0 Å². The van der Waals surface area contributed by atoms with Crippen LogP contribution in [0, 0.1) is 11.2 Å². The van der Waals surface area contributed by atoms with Gasteiger partial charge in [0.25, 0.3) is 0 Å². The third kappa shape index (κ3) is 2.50. The van der Waals surface area contributed by atoms with Crippen molar-refractivity contribution >= 4 is 11.6 Å². The summed E-state index contributed by atoms with van der Waals surface area (Å²) in [6.45, 7) is 0. The Labute approximate surface area is 125 Å². The number of alkyl halides is 4. The van der Waals surface area contributed by atoms with Gasteiger partial charge >= 0.3 is 6.18 Å². The highest BCUT2D eigenvalue weighted by atomic mass is 35.5. The maximum atomic E-state index is 13.3. The average molecular weight is 323 g/mol. The lowest BCUT2D eigenvalue weighted by Crippen LogP contribution is -2.55. The van der Waals surface area contributed by atoms with Crippen molar-refractivity contribution in [1.82, 2.24) is 0 Å². The number of halogens is 5. The SMILES string of the molecule is Fc1ccc(OC2CC(Cl)C23CCCC3)cc1C(F)(F)F. The molecule has 21 heavy (non-hydrogen) atoms. The van der Waals surface area contributed by atoms with Gasteiger partial charge in [-0.3, -0.25) is 0 Å². The standard InChI is InChI=1S/C15H15ClF4O/c16-12-8-13(14(12)5-1-2-6-14)21-9-3-4-11(17)10(7-9)15(18,19)20/h3-4,7,12-13H,1-2,5-6,8H2. The summed E-state index contributed by atoms with van der Waals surface area (Å²) in [7, 11) is 0. The molecule has 1 spiro atoms. The summed E-state index contributed by atoms with van der Waals surface area (Å²) in [6.07, 6.45) is -0.239. The van der Waals surface area contributed by atoms with Gasteiger partial charge in [0.1, 0.15) is 17.7 Å². The number of ether oxygens (including phenoxy) is 1. The minimum Gasteiger partial charge on any atom is -0.490 e. The van der Waals surface area contributed by atoms with Gasteiger partial charge in [0, 0.05) is 17.2 Å². The van der Waals surface area contributed by atoms with E-state index in [1.165, 1.54) is 6.07 Å². The number of hydrogen-bond acceptors (Lipinski definition) is 1. The first-order valence-corrected chi connectivity index (χ1v) is 7.44. The molecule has 0 N–H and O–H groups in total. The molecule has 6 heteroatoms. The van der Waals surface area contributed by atoms with Crippen LogP contribution in [0.4, 0.5) is 17.6 Å². The highest BCUT2D eigenvalue weighted by Crippen LogP contribution is 2.57. The summed E-state index contributed by atoms with van der Waals surface area (Å²) in [5, 5.41) is 0.0209. The van der Waals surface area contributed by atoms with Crippen molar-refractivity contribution < 1.29 is 22.3 Å². The van der Waals surface area contributed by atoms with E-state index in [4.69, 9.17) is 16.3 Å². The van der Waals surface area contributed by atoms with Crippen molar-refractivity contribution in [1.29, 1.82) is 0 Å². The first-order valence-electron chi connectivity index (χ1n) is 7.00. The van der Waals surface area contributed by atoms with Gasteiger partial charge in [0.2, 0.25) is 0 Å². The average Bonchev–Trinajstić information content (AvgIpc) is 2.91. The molecule has 2 aliphatic rings. The lowest BCUT2D eigenvalue weighted by molar-refractivity contribution is -0.140. The van der Waals surface area contributed by atoms with Gasteiger partial charge in [-0.1, -0.05) is 12.8 Å². The Morgan fingerprint density at radius 2 is 1.86 bits per heavy atom. The second-order valence-electron chi connectivity index (χ2n) is 5.89. The van der Waals surface area contributed by atoms with Crippen LogP contribution < -0.4 is 4.74 Å². The molecule has 0 aliphatic heterocycles. The predicted octanol–water partition coefficient (Wildman–Crippen LogP) is 5.16. The second-order valence-corrected chi connectivity index (χ2v) is 6.42. The van der Waals surface area contributed by atoms with Crippen LogP contribution in [0.25, 0.3) is 0 Å². The topological polar surface area (TPSA) is 9.23 Å². The first-order chi connectivity index (χ1) is 9.83. The zero-order valence-corrected chi connectivity index (χ0v) is 12.0. The van der Waals surface area contributed by atoms with Gasteiger partial charge in [-0.2, -0.15) is 13.2 Å². The number of rotatable bonds is 2. The maximum absolute atomic E-state index is 13.3. The van der Waals surface area contributed by atoms with Crippen LogP contribution in [0.5, 0.6) is 5.75 Å². The molecule has 0 amide bonds. The fourth-order valence-electron chi connectivity index (χ4n) is 3.49. The van der Waals surface area contributed by atoms with E-state index in [9.17, 15) is 17.6 Å². The van der Waals surface area contributed by atoms with Crippen LogP contribution in [-0.4, -0.2) is 11.5 Å². The van der Waals surface area contributed by atoms with Crippen LogP contribution in [0.15, 0.2) is 18.2 Å². The van der Waals surface area contributed by atoms with Crippen LogP contribution in [0.2, 0.25) is 0 Å². The summed E-state index contributed by atoms with van der Waals surface area (Å²) in [5.41, 5.74) is -1.41. The third-order valence-electron chi connectivity index (χ3n) is 4.74. The summed E-state index contributed by atoms with van der Waals surface area (Å²) in [6, 6.07) is 2.78. The smallest absolute Gasteiger partial charge is 0.419 e. The largest absolute Gasteiger partial charge is 0.490 e. The zero-order valence-electron chi connectivity index (χ0n) is 11.2. The van der Waals surface area contributed by atoms with E-state index in [-0.39, 0.29) is 22.6 Å². The lowest BCUT2D eigenvalue weighted by atomic mass is 9.64. The summed E-state index contributed by atoms with van der Waals surface area (Å²) in [5.74, 6) is -1.22. The molecule has 1 aromatic rings. The molecule has 2 fully saturated rings. The normalized spacial score (nSPS) is 27.7. The first kappa shape index (κ1) is 14.9. The van der Waals surface area contributed by atoms with Gasteiger partial charge in [-0.05, 0) is 31.0 Å². The Balaban J connectivity index is 1.80. The Morgan fingerprint density at radius 1 is 1.19 bits per heavy atom. The maximum Gasteiger partial charge on any atom is 0.419 e. The van der Waals surface area contributed by atoms with E-state index in [1.54, 1.807) is 0 Å². The van der Waals surface area contributed by atoms with Crippen molar-refractivity contribution in [3.8, 4) is 5.75 Å². The minimum absolute atomic E-state index is 0.0209. The molecule has 2 atom stereocenters. The highest BCUT2D eigenvalue weighted by Gasteiger charge is 2.57. The fraction of sp³-hybridized carbons (Fsp3) is 0.600. The summed E-state index contributed by atoms with van der Waals surface area (Å²) < 4.78 is 57.1. The molecule has 3 rings (SSSR count). The third-order valence-corrected chi connectivity index (χ3v) is 5.35. The van der Waals surface area contributed by atoms with Crippen LogP contribution in [0.3, 0.4) is 0 Å². The Bertz CT molecular complexity index is 537. The Morgan fingerprint density at radius 3 is 2.43 bits per heavy atom. The minimum atomic E-state index is -4.72. The summed E-state index contributed by atoms with van der Waals surface area (Å²) >= 11 is 6.28. The quantitative estimate of drug-likeness (QED) is 0.539. The molecule has 2 unspecified atom stereocenters. The van der Waals surface area contributed by atoms with E-state index >= 15 is 0 Å². The van der Waals surface area contributed by atoms with Crippen molar-refractivity contribution in [3.05, 3.63) is 29.6 Å². The molecular formula is C15H15ClF4O. The van der Waals surface area contributed by atoms with Crippen LogP contribution in [-0.2, 0) is 6.18 Å². The zero-order chi connectivity index (χ0) is 15.3. The van der Waals surface area contributed by atoms with Crippen LogP contribution in [0.1, 0.15) is 37.7 Å². The molecule has 116 valence electrons. The van der Waals surface area contributed by atoms with E-state index < -0.39 is 17.6 Å². The predicted molar refractivity (Wildman–Crippen MR) is 71.0 cm³/mol. The van der Waals surface area contributed by atoms with E-state index in [0.717, 1.165) is 37.8 Å². The van der Waals surface area contributed by atoms with Crippen molar-refractivity contribution in [3.63, 3.8) is 0 Å². The Kier molecular flexibility index (Phi) is 3.59. The second kappa shape index (κ2) is 5.04. The molecule has 0 bridgehead atoms. The monoisotopic (exact) mass is 322 g/mol. The molecular weight excluding hydrogens is 308 g/mol. The van der Waals surface area contributed by atoms with Gasteiger partial charge in [0.05, 0.1) is 5.56 Å². The molecule has 0 saturated heterocycles. The lowest BCUT2D eigenvalue weighted by Gasteiger charge is -2.51. The fourth-order valence-corrected chi connectivity index (χ4v) is 4.01. The van der Waals surface area contributed by atoms with Crippen molar-refractivity contribution in [2.24, 2.45) is 5.41 Å². The van der Waals surface area contributed by atoms with Crippen molar-refractivity contribution in [2.75, 3.05) is 0 Å². The van der Waals surface area contributed by atoms with Gasteiger partial charge in [0.15, 0.2) is 0 Å². The number of benzene rings is 1. The number of hydrogen-bond donors (Lipinski definition) is 0. The van der Waals surface area contributed by atoms with Gasteiger partial charge in [-0.15, -0.1) is 11.6 Å². The molecule has 0 radical (unpaired) electrons. The van der Waals surface area contributed by atoms with E-state index in [0.29, 0.717) is 6.42 Å². The molecule has 1 nitrogen and oxygen atoms in total. The molecule has 0 heterocycles. The van der Waals surface area contributed by atoms with Crippen LogP contribution >= 0.6 is 11.6 Å². The summed E-state index contributed by atoms with van der Waals surface area (Å²) in [4.78, 5) is 0. The van der Waals surface area contributed by atoms with Gasteiger partial charge in [-0.25, -0.2) is 4.39 Å². The molecule has 1 aromatic carbocycles. The molecule has 0 aromatic heterocycles. The Hall–Kier alpha value is -0.970. The molecule has 2 saturated carbocycles.